The van der Waals surface area contributed by atoms with Gasteiger partial charge in [-0.05, 0) is 24.8 Å². The summed E-state index contributed by atoms with van der Waals surface area (Å²) in [5, 5.41) is 12.2. The van der Waals surface area contributed by atoms with Crippen LogP contribution in [0.5, 0.6) is 0 Å². The van der Waals surface area contributed by atoms with E-state index in [9.17, 15) is 4.79 Å². The monoisotopic (exact) mass is 274 g/mol. The van der Waals surface area contributed by atoms with Gasteiger partial charge in [0.2, 0.25) is 0 Å². The maximum atomic E-state index is 12.3. The first kappa shape index (κ1) is 14.6. The summed E-state index contributed by atoms with van der Waals surface area (Å²) in [5.41, 5.74) is 1.07. The molecule has 1 aliphatic carbocycles. The van der Waals surface area contributed by atoms with Crippen LogP contribution in [0.1, 0.15) is 24.8 Å². The number of carbonyl (C=O) groups excluding carboxylic acids is 1. The molecule has 4 nitrogen and oxygen atoms in total. The Morgan fingerprint density at radius 1 is 1.30 bits per heavy atom. The zero-order valence-electron chi connectivity index (χ0n) is 11.7. The van der Waals surface area contributed by atoms with Crippen LogP contribution in [0.25, 0.3) is 0 Å². The maximum Gasteiger partial charge on any atom is 0.318 e. The number of hydrogen-bond donors (Lipinski definition) is 2. The Bertz CT molecular complexity index is 445. The largest absolute Gasteiger partial charge is 0.395 e. The fraction of sp³-hybridized carbons (Fsp3) is 0.438. The molecular weight excluding hydrogens is 252 g/mol. The van der Waals surface area contributed by atoms with E-state index in [4.69, 9.17) is 5.11 Å². The molecule has 0 aliphatic heterocycles. The van der Waals surface area contributed by atoms with E-state index in [1.165, 1.54) is 0 Å². The Balaban J connectivity index is 1.93. The molecule has 0 fully saturated rings. The number of hydrogen-bond acceptors (Lipinski definition) is 2. The SMILES string of the molecule is O=C(NC1CC=CCC1)N(CCO)Cc1ccccc1. The summed E-state index contributed by atoms with van der Waals surface area (Å²) < 4.78 is 0. The third-order valence-corrected chi connectivity index (χ3v) is 3.47. The summed E-state index contributed by atoms with van der Waals surface area (Å²) in [6.45, 7) is 0.851. The Hall–Kier alpha value is -1.81. The van der Waals surface area contributed by atoms with Crippen molar-refractivity contribution in [2.24, 2.45) is 0 Å². The molecule has 0 saturated heterocycles. The fourth-order valence-electron chi connectivity index (χ4n) is 2.37. The van der Waals surface area contributed by atoms with Crippen LogP contribution in [-0.2, 0) is 6.54 Å². The number of aliphatic hydroxyl groups is 1. The summed E-state index contributed by atoms with van der Waals surface area (Å²) in [7, 11) is 0. The van der Waals surface area contributed by atoms with Crippen molar-refractivity contribution in [2.75, 3.05) is 13.2 Å². The van der Waals surface area contributed by atoms with E-state index in [2.05, 4.69) is 17.5 Å². The van der Waals surface area contributed by atoms with Crippen LogP contribution in [-0.4, -0.2) is 35.2 Å². The quantitative estimate of drug-likeness (QED) is 0.809. The molecule has 0 saturated carbocycles. The van der Waals surface area contributed by atoms with Crippen molar-refractivity contribution in [2.45, 2.75) is 31.8 Å². The summed E-state index contributed by atoms with van der Waals surface area (Å²) in [5.74, 6) is 0. The molecule has 20 heavy (non-hydrogen) atoms. The molecule has 0 radical (unpaired) electrons. The number of rotatable bonds is 5. The van der Waals surface area contributed by atoms with Crippen LogP contribution < -0.4 is 5.32 Å². The highest BCUT2D eigenvalue weighted by molar-refractivity contribution is 5.74. The van der Waals surface area contributed by atoms with Gasteiger partial charge in [-0.2, -0.15) is 0 Å². The Kier molecular flexibility index (Phi) is 5.62. The zero-order valence-corrected chi connectivity index (χ0v) is 11.7. The van der Waals surface area contributed by atoms with Gasteiger partial charge >= 0.3 is 6.03 Å². The number of aliphatic hydroxyl groups excluding tert-OH is 1. The third-order valence-electron chi connectivity index (χ3n) is 3.47. The van der Waals surface area contributed by atoms with Gasteiger partial charge in [-0.1, -0.05) is 42.5 Å². The average molecular weight is 274 g/mol. The second kappa shape index (κ2) is 7.70. The molecule has 0 heterocycles. The molecule has 1 aromatic rings. The van der Waals surface area contributed by atoms with Crippen molar-refractivity contribution in [1.29, 1.82) is 0 Å². The van der Waals surface area contributed by atoms with Crippen LogP contribution in [0.2, 0.25) is 0 Å². The van der Waals surface area contributed by atoms with E-state index in [-0.39, 0.29) is 18.7 Å². The molecule has 2 N–H and O–H groups in total. The fourth-order valence-corrected chi connectivity index (χ4v) is 2.37. The summed E-state index contributed by atoms with van der Waals surface area (Å²) in [6, 6.07) is 9.95. The first-order valence-corrected chi connectivity index (χ1v) is 7.15. The van der Waals surface area contributed by atoms with Gasteiger partial charge in [0, 0.05) is 19.1 Å². The summed E-state index contributed by atoms with van der Waals surface area (Å²) in [6.07, 6.45) is 7.16. The van der Waals surface area contributed by atoms with Crippen LogP contribution in [0.15, 0.2) is 42.5 Å². The minimum Gasteiger partial charge on any atom is -0.395 e. The van der Waals surface area contributed by atoms with Crippen LogP contribution in [0.3, 0.4) is 0 Å². The van der Waals surface area contributed by atoms with Crippen molar-refractivity contribution < 1.29 is 9.90 Å². The Labute approximate surface area is 120 Å². The van der Waals surface area contributed by atoms with E-state index in [1.807, 2.05) is 30.3 Å². The van der Waals surface area contributed by atoms with Crippen molar-refractivity contribution in [3.63, 3.8) is 0 Å². The molecular formula is C16H22N2O2. The lowest BCUT2D eigenvalue weighted by Crippen LogP contribution is -2.45. The molecule has 108 valence electrons. The lowest BCUT2D eigenvalue weighted by molar-refractivity contribution is 0.170. The van der Waals surface area contributed by atoms with Crippen molar-refractivity contribution in [3.8, 4) is 0 Å². The second-order valence-electron chi connectivity index (χ2n) is 5.06. The minimum atomic E-state index is -0.0943. The highest BCUT2D eigenvalue weighted by atomic mass is 16.3. The third kappa shape index (κ3) is 4.38. The second-order valence-corrected chi connectivity index (χ2v) is 5.06. The van der Waals surface area contributed by atoms with Gasteiger partial charge in [0.15, 0.2) is 0 Å². The van der Waals surface area contributed by atoms with Crippen LogP contribution in [0, 0.1) is 0 Å². The molecule has 1 aliphatic rings. The Morgan fingerprint density at radius 2 is 2.10 bits per heavy atom. The van der Waals surface area contributed by atoms with Crippen molar-refractivity contribution in [3.05, 3.63) is 48.0 Å². The number of allylic oxidation sites excluding steroid dienone is 1. The number of carbonyl (C=O) groups is 1. The molecule has 0 bridgehead atoms. The predicted molar refractivity (Wildman–Crippen MR) is 79.2 cm³/mol. The Morgan fingerprint density at radius 3 is 2.75 bits per heavy atom. The molecule has 1 unspecified atom stereocenters. The molecule has 2 rings (SSSR count). The summed E-state index contributed by atoms with van der Waals surface area (Å²) in [4.78, 5) is 13.9. The molecule has 1 atom stereocenters. The van der Waals surface area contributed by atoms with Gasteiger partial charge in [0.25, 0.3) is 0 Å². The smallest absolute Gasteiger partial charge is 0.318 e. The van der Waals surface area contributed by atoms with Gasteiger partial charge in [-0.3, -0.25) is 0 Å². The minimum absolute atomic E-state index is 0.0230. The molecule has 4 heteroatoms. The number of urea groups is 1. The van der Waals surface area contributed by atoms with Crippen molar-refractivity contribution in [1.82, 2.24) is 10.2 Å². The normalized spacial score (nSPS) is 17.8. The lowest BCUT2D eigenvalue weighted by Gasteiger charge is -2.26. The summed E-state index contributed by atoms with van der Waals surface area (Å²) >= 11 is 0. The molecule has 0 aromatic heterocycles. The standard InChI is InChI=1S/C16H22N2O2/c19-12-11-18(13-14-7-3-1-4-8-14)16(20)17-15-9-5-2-6-10-15/h1-5,7-8,15,19H,6,9-13H2,(H,17,20). The molecule has 1 aromatic carbocycles. The average Bonchev–Trinajstić information content (AvgIpc) is 2.49. The van der Waals surface area contributed by atoms with Gasteiger partial charge in [-0.25, -0.2) is 4.79 Å². The zero-order chi connectivity index (χ0) is 14.2. The van der Waals surface area contributed by atoms with E-state index >= 15 is 0 Å². The van der Waals surface area contributed by atoms with Crippen molar-refractivity contribution >= 4 is 6.03 Å². The van der Waals surface area contributed by atoms with Gasteiger partial charge in [0.05, 0.1) is 6.61 Å². The van der Waals surface area contributed by atoms with Crippen LogP contribution in [0.4, 0.5) is 4.79 Å². The first-order chi connectivity index (χ1) is 9.79. The number of nitrogens with zero attached hydrogens (tertiary/aromatic N) is 1. The first-order valence-electron chi connectivity index (χ1n) is 7.15. The van der Waals surface area contributed by atoms with Gasteiger partial charge < -0.3 is 15.3 Å². The predicted octanol–water partition coefficient (Wildman–Crippen LogP) is 2.30. The van der Waals surface area contributed by atoms with E-state index in [0.717, 1.165) is 24.8 Å². The number of benzene rings is 1. The van der Waals surface area contributed by atoms with Crippen LogP contribution >= 0.6 is 0 Å². The molecule has 2 amide bonds. The topological polar surface area (TPSA) is 52.6 Å². The van der Waals surface area contributed by atoms with E-state index in [1.54, 1.807) is 4.90 Å². The highest BCUT2D eigenvalue weighted by Gasteiger charge is 2.18. The number of nitrogens with one attached hydrogen (secondary N) is 1. The van der Waals surface area contributed by atoms with Gasteiger partial charge in [0.1, 0.15) is 0 Å². The maximum absolute atomic E-state index is 12.3. The highest BCUT2D eigenvalue weighted by Crippen LogP contribution is 2.11. The van der Waals surface area contributed by atoms with E-state index in [0.29, 0.717) is 13.1 Å². The molecule has 0 spiro atoms. The van der Waals surface area contributed by atoms with E-state index < -0.39 is 0 Å². The van der Waals surface area contributed by atoms with Gasteiger partial charge in [-0.15, -0.1) is 0 Å². The number of amides is 2. The lowest BCUT2D eigenvalue weighted by atomic mass is 10.0.